The highest BCUT2D eigenvalue weighted by molar-refractivity contribution is 7.54. The van der Waals surface area contributed by atoms with Gasteiger partial charge in [-0.25, -0.2) is 4.79 Å². The van der Waals surface area contributed by atoms with Crippen LogP contribution in [0.3, 0.4) is 0 Å². The van der Waals surface area contributed by atoms with Crippen LogP contribution in [-0.4, -0.2) is 33.4 Å². The molecular weight excluding hydrogens is 311 g/mol. The molecule has 0 bridgehead atoms. The Hall–Kier alpha value is -1.56. The van der Waals surface area contributed by atoms with E-state index in [-0.39, 0.29) is 18.8 Å². The Bertz CT molecular complexity index is 603. The number of carbonyl (C=O) groups excluding carboxylic acids is 1. The average Bonchev–Trinajstić information content (AvgIpc) is 2.85. The van der Waals surface area contributed by atoms with Crippen molar-refractivity contribution in [2.75, 3.05) is 27.4 Å². The summed E-state index contributed by atoms with van der Waals surface area (Å²) in [5.74, 6) is -0.978. The lowest BCUT2D eigenvalue weighted by Gasteiger charge is -2.23. The van der Waals surface area contributed by atoms with E-state index in [1.165, 1.54) is 20.3 Å². The molecule has 0 aliphatic carbocycles. The molecular formula is C14H19O7P. The Morgan fingerprint density at radius 1 is 1.14 bits per heavy atom. The first kappa shape index (κ1) is 16.8. The van der Waals surface area contributed by atoms with Gasteiger partial charge in [0.25, 0.3) is 0 Å². The summed E-state index contributed by atoms with van der Waals surface area (Å²) in [6, 6.07) is 3.11. The molecule has 1 heterocycles. The van der Waals surface area contributed by atoms with Gasteiger partial charge in [-0.1, -0.05) is 0 Å². The van der Waals surface area contributed by atoms with E-state index in [4.69, 9.17) is 23.3 Å². The molecule has 0 spiro atoms. The number of esters is 1. The average molecular weight is 330 g/mol. The number of carbonyl (C=O) groups is 1. The monoisotopic (exact) mass is 330 g/mol. The van der Waals surface area contributed by atoms with E-state index < -0.39 is 19.4 Å². The molecule has 2 rings (SSSR count). The molecule has 1 atom stereocenters. The predicted octanol–water partition coefficient (Wildman–Crippen LogP) is 3.14. The standard InChI is InChI=1S/C14H19O7P/c1-5-19-22(16,20-6-2)14-12-10(13(15)21-14)7-9(17-3)8-11(12)18-4/h7-8,14H,5-6H2,1-4H3. The minimum Gasteiger partial charge on any atom is -0.497 e. The molecule has 0 saturated carbocycles. The molecule has 0 N–H and O–H groups in total. The Morgan fingerprint density at radius 2 is 1.77 bits per heavy atom. The number of rotatable bonds is 7. The molecule has 0 fully saturated rings. The van der Waals surface area contributed by atoms with Crippen molar-refractivity contribution in [2.45, 2.75) is 19.7 Å². The van der Waals surface area contributed by atoms with Crippen LogP contribution in [0, 0.1) is 0 Å². The molecule has 1 aromatic carbocycles. The predicted molar refractivity (Wildman–Crippen MR) is 78.6 cm³/mol. The minimum atomic E-state index is -3.66. The smallest absolute Gasteiger partial charge is 0.375 e. The van der Waals surface area contributed by atoms with Crippen molar-refractivity contribution in [1.82, 2.24) is 0 Å². The lowest BCUT2D eigenvalue weighted by molar-refractivity contribution is 0.0438. The first-order valence-corrected chi connectivity index (χ1v) is 8.47. The van der Waals surface area contributed by atoms with Gasteiger partial charge in [-0.15, -0.1) is 0 Å². The van der Waals surface area contributed by atoms with Gasteiger partial charge >= 0.3 is 13.6 Å². The zero-order chi connectivity index (χ0) is 16.3. The number of methoxy groups -OCH3 is 2. The van der Waals surface area contributed by atoms with Gasteiger partial charge < -0.3 is 23.3 Å². The van der Waals surface area contributed by atoms with Crippen LogP contribution in [0.1, 0.15) is 35.6 Å². The lowest BCUT2D eigenvalue weighted by atomic mass is 10.1. The molecule has 122 valence electrons. The van der Waals surface area contributed by atoms with Crippen LogP contribution in [0.25, 0.3) is 0 Å². The number of cyclic esters (lactones) is 1. The summed E-state index contributed by atoms with van der Waals surface area (Å²) in [7, 11) is -0.742. The summed E-state index contributed by atoms with van der Waals surface area (Å²) in [6.07, 6.45) is 0. The van der Waals surface area contributed by atoms with Gasteiger partial charge in [0.15, 0.2) is 0 Å². The summed E-state index contributed by atoms with van der Waals surface area (Å²) in [5.41, 5.74) is 0.597. The molecule has 0 saturated heterocycles. The van der Waals surface area contributed by atoms with Crippen LogP contribution in [0.5, 0.6) is 11.5 Å². The molecule has 8 heteroatoms. The number of ether oxygens (including phenoxy) is 3. The Kier molecular flexibility index (Phi) is 5.11. The van der Waals surface area contributed by atoms with E-state index in [0.717, 1.165) is 0 Å². The quantitative estimate of drug-likeness (QED) is 0.561. The number of benzene rings is 1. The summed E-state index contributed by atoms with van der Waals surface area (Å²) in [5, 5.41) is 0. The van der Waals surface area contributed by atoms with Gasteiger partial charge in [0.2, 0.25) is 5.85 Å². The van der Waals surface area contributed by atoms with Crippen molar-refractivity contribution >= 4 is 13.6 Å². The second kappa shape index (κ2) is 6.69. The highest BCUT2D eigenvalue weighted by Gasteiger charge is 2.48. The van der Waals surface area contributed by atoms with E-state index in [9.17, 15) is 9.36 Å². The second-order valence-electron chi connectivity index (χ2n) is 4.42. The van der Waals surface area contributed by atoms with Crippen LogP contribution in [0.2, 0.25) is 0 Å². The summed E-state index contributed by atoms with van der Waals surface area (Å²) < 4.78 is 39.2. The SMILES string of the molecule is CCOP(=O)(OCC)C1OC(=O)c2cc(OC)cc(OC)c21. The van der Waals surface area contributed by atoms with E-state index in [1.807, 2.05) is 0 Å². The molecule has 22 heavy (non-hydrogen) atoms. The van der Waals surface area contributed by atoms with Gasteiger partial charge in [0, 0.05) is 6.07 Å². The van der Waals surface area contributed by atoms with Crippen LogP contribution in [-0.2, 0) is 18.3 Å². The van der Waals surface area contributed by atoms with Crippen molar-refractivity contribution in [2.24, 2.45) is 0 Å². The van der Waals surface area contributed by atoms with Gasteiger partial charge in [0.05, 0.1) is 38.6 Å². The number of fused-ring (bicyclic) bond motifs is 1. The maximum absolute atomic E-state index is 12.9. The van der Waals surface area contributed by atoms with Gasteiger partial charge in [-0.2, -0.15) is 0 Å². The zero-order valence-corrected chi connectivity index (χ0v) is 13.8. The van der Waals surface area contributed by atoms with Crippen LogP contribution in [0.4, 0.5) is 0 Å². The summed E-state index contributed by atoms with van der Waals surface area (Å²) in [4.78, 5) is 12.1. The van der Waals surface area contributed by atoms with Gasteiger partial charge in [-0.3, -0.25) is 4.57 Å². The number of hydrogen-bond donors (Lipinski definition) is 0. The van der Waals surface area contributed by atoms with Crippen molar-refractivity contribution < 1.29 is 32.6 Å². The van der Waals surface area contributed by atoms with Crippen LogP contribution < -0.4 is 9.47 Å². The van der Waals surface area contributed by atoms with E-state index in [0.29, 0.717) is 17.1 Å². The molecule has 0 aromatic heterocycles. The fraction of sp³-hybridized carbons (Fsp3) is 0.500. The van der Waals surface area contributed by atoms with Crippen molar-refractivity contribution in [1.29, 1.82) is 0 Å². The Labute approximate surface area is 129 Å². The maximum atomic E-state index is 12.9. The van der Waals surface area contributed by atoms with Gasteiger partial charge in [0.1, 0.15) is 11.5 Å². The maximum Gasteiger partial charge on any atom is 0.375 e. The first-order chi connectivity index (χ1) is 10.5. The summed E-state index contributed by atoms with van der Waals surface area (Å²) in [6.45, 7) is 3.71. The fourth-order valence-electron chi connectivity index (χ4n) is 2.29. The van der Waals surface area contributed by atoms with E-state index in [1.54, 1.807) is 19.9 Å². The molecule has 7 nitrogen and oxygen atoms in total. The third kappa shape index (κ3) is 2.84. The molecule has 0 radical (unpaired) electrons. The normalized spacial score (nSPS) is 17.1. The third-order valence-corrected chi connectivity index (χ3v) is 5.34. The molecule has 1 aliphatic heterocycles. The Morgan fingerprint density at radius 3 is 2.27 bits per heavy atom. The summed E-state index contributed by atoms with van der Waals surface area (Å²) >= 11 is 0. The van der Waals surface area contributed by atoms with E-state index >= 15 is 0 Å². The van der Waals surface area contributed by atoms with Crippen molar-refractivity contribution in [3.05, 3.63) is 23.3 Å². The molecule has 1 unspecified atom stereocenters. The Balaban J connectivity index is 2.57. The topological polar surface area (TPSA) is 80.3 Å². The zero-order valence-electron chi connectivity index (χ0n) is 13.0. The highest BCUT2D eigenvalue weighted by atomic mass is 31.2. The first-order valence-electron chi connectivity index (χ1n) is 6.86. The fourth-order valence-corrected chi connectivity index (χ4v) is 4.16. The van der Waals surface area contributed by atoms with E-state index in [2.05, 4.69) is 0 Å². The molecule has 1 aliphatic rings. The number of hydrogen-bond acceptors (Lipinski definition) is 7. The third-order valence-electron chi connectivity index (χ3n) is 3.16. The van der Waals surface area contributed by atoms with Gasteiger partial charge in [-0.05, 0) is 19.9 Å². The minimum absolute atomic E-state index is 0.166. The van der Waals surface area contributed by atoms with Crippen LogP contribution in [0.15, 0.2) is 12.1 Å². The van der Waals surface area contributed by atoms with Crippen molar-refractivity contribution in [3.63, 3.8) is 0 Å². The molecule has 0 amide bonds. The molecule has 1 aromatic rings. The largest absolute Gasteiger partial charge is 0.497 e. The van der Waals surface area contributed by atoms with Crippen molar-refractivity contribution in [3.8, 4) is 11.5 Å². The second-order valence-corrected chi connectivity index (χ2v) is 6.49. The van der Waals surface area contributed by atoms with Crippen LogP contribution >= 0.6 is 7.60 Å². The lowest BCUT2D eigenvalue weighted by Crippen LogP contribution is -2.07. The highest BCUT2D eigenvalue weighted by Crippen LogP contribution is 2.65.